The molecule has 6 heteroatoms. The Hall–Kier alpha value is -1.43. The molecule has 0 spiro atoms. The third-order valence-electron chi connectivity index (χ3n) is 1.65. The number of amides is 1. The highest BCUT2D eigenvalue weighted by molar-refractivity contribution is 9.09. The van der Waals surface area contributed by atoms with Crippen LogP contribution in [0.5, 0.6) is 0 Å². The van der Waals surface area contributed by atoms with Gasteiger partial charge in [0.1, 0.15) is 4.83 Å². The zero-order chi connectivity index (χ0) is 10.7. The summed E-state index contributed by atoms with van der Waals surface area (Å²) in [7, 11) is 0. The molecular weight excluding hydrogens is 252 g/mol. The van der Waals surface area contributed by atoms with E-state index in [1.807, 2.05) is 0 Å². The monoisotopic (exact) mass is 258 g/mol. The number of nitro groups is 1. The number of alkyl halides is 1. The summed E-state index contributed by atoms with van der Waals surface area (Å²) in [5, 5.41) is 10.3. The van der Waals surface area contributed by atoms with Gasteiger partial charge in [0, 0.05) is 12.1 Å². The second-order valence-corrected chi connectivity index (χ2v) is 3.53. The van der Waals surface area contributed by atoms with Crippen LogP contribution in [0.1, 0.15) is 10.4 Å². The van der Waals surface area contributed by atoms with Crippen LogP contribution in [-0.4, -0.2) is 10.8 Å². The van der Waals surface area contributed by atoms with E-state index in [1.54, 1.807) is 0 Å². The third kappa shape index (κ3) is 2.29. The van der Waals surface area contributed by atoms with E-state index in [-0.39, 0.29) is 5.69 Å². The van der Waals surface area contributed by atoms with E-state index in [9.17, 15) is 14.9 Å². The van der Waals surface area contributed by atoms with Crippen LogP contribution in [0, 0.1) is 10.1 Å². The molecule has 1 rings (SSSR count). The molecule has 1 unspecified atom stereocenters. The predicted molar refractivity (Wildman–Crippen MR) is 54.0 cm³/mol. The molecule has 14 heavy (non-hydrogen) atoms. The Morgan fingerprint density at radius 2 is 1.93 bits per heavy atom. The molecule has 0 saturated heterocycles. The molecule has 1 amide bonds. The van der Waals surface area contributed by atoms with E-state index in [0.717, 1.165) is 0 Å². The van der Waals surface area contributed by atoms with Crippen LogP contribution in [0.3, 0.4) is 0 Å². The quantitative estimate of drug-likeness (QED) is 0.507. The smallest absolute Gasteiger partial charge is 0.269 e. The van der Waals surface area contributed by atoms with Crippen LogP contribution in [0.15, 0.2) is 24.3 Å². The lowest BCUT2D eigenvalue weighted by atomic mass is 10.1. The van der Waals surface area contributed by atoms with Gasteiger partial charge in [-0.3, -0.25) is 14.9 Å². The summed E-state index contributed by atoms with van der Waals surface area (Å²) in [6, 6.07) is 5.63. The Labute approximate surface area is 88.2 Å². The van der Waals surface area contributed by atoms with E-state index in [0.29, 0.717) is 5.56 Å². The molecule has 0 aliphatic heterocycles. The molecule has 0 aliphatic carbocycles. The largest absolute Gasteiger partial charge is 0.368 e. The molecule has 74 valence electrons. The zero-order valence-corrected chi connectivity index (χ0v) is 8.60. The van der Waals surface area contributed by atoms with E-state index in [1.165, 1.54) is 24.3 Å². The summed E-state index contributed by atoms with van der Waals surface area (Å²) < 4.78 is 0. The van der Waals surface area contributed by atoms with Crippen molar-refractivity contribution >= 4 is 27.5 Å². The van der Waals surface area contributed by atoms with Crippen molar-refractivity contribution in [3.8, 4) is 0 Å². The minimum Gasteiger partial charge on any atom is -0.368 e. The first kappa shape index (κ1) is 10.6. The highest BCUT2D eigenvalue weighted by atomic mass is 79.9. The van der Waals surface area contributed by atoms with Gasteiger partial charge >= 0.3 is 0 Å². The minimum atomic E-state index is -0.608. The van der Waals surface area contributed by atoms with Crippen molar-refractivity contribution in [2.24, 2.45) is 5.73 Å². The highest BCUT2D eigenvalue weighted by Gasteiger charge is 2.14. The molecule has 0 fully saturated rings. The molecule has 1 aromatic rings. The van der Waals surface area contributed by atoms with Gasteiger partial charge in [-0.05, 0) is 5.56 Å². The van der Waals surface area contributed by atoms with Gasteiger partial charge in [0.2, 0.25) is 5.91 Å². The number of nitro benzene ring substituents is 1. The lowest BCUT2D eigenvalue weighted by molar-refractivity contribution is -0.384. The van der Waals surface area contributed by atoms with Crippen LogP contribution >= 0.6 is 15.9 Å². The minimum absolute atomic E-state index is 0.0158. The Bertz CT molecular complexity index is 363. The van der Waals surface area contributed by atoms with Crippen LogP contribution < -0.4 is 5.73 Å². The zero-order valence-electron chi connectivity index (χ0n) is 7.01. The standard InChI is InChI=1S/C8H7BrN2O3/c9-7(8(10)12)5-1-3-6(4-2-5)11(13)14/h1-4,7H,(H2,10,12). The summed E-state index contributed by atoms with van der Waals surface area (Å²) in [6.45, 7) is 0. The fourth-order valence-electron chi connectivity index (χ4n) is 0.929. The first-order chi connectivity index (χ1) is 6.52. The van der Waals surface area contributed by atoms with Crippen molar-refractivity contribution in [1.82, 2.24) is 0 Å². The van der Waals surface area contributed by atoms with Gasteiger partial charge in [0.15, 0.2) is 0 Å². The maximum absolute atomic E-state index is 10.8. The summed E-state index contributed by atoms with van der Waals surface area (Å²) in [6.07, 6.45) is 0. The van der Waals surface area contributed by atoms with E-state index in [2.05, 4.69) is 15.9 Å². The number of benzene rings is 1. The number of nitrogens with zero attached hydrogens (tertiary/aromatic N) is 1. The number of primary amides is 1. The summed E-state index contributed by atoms with van der Waals surface area (Å²) in [5.41, 5.74) is 5.63. The second-order valence-electron chi connectivity index (χ2n) is 2.61. The number of non-ortho nitro benzene ring substituents is 1. The average molecular weight is 259 g/mol. The van der Waals surface area contributed by atoms with E-state index >= 15 is 0 Å². The fraction of sp³-hybridized carbons (Fsp3) is 0.125. The third-order valence-corrected chi connectivity index (χ3v) is 2.63. The first-order valence-electron chi connectivity index (χ1n) is 3.70. The van der Waals surface area contributed by atoms with Crippen LogP contribution in [0.4, 0.5) is 5.69 Å². The van der Waals surface area contributed by atoms with Crippen molar-refractivity contribution in [2.45, 2.75) is 4.83 Å². The van der Waals surface area contributed by atoms with Gasteiger partial charge < -0.3 is 5.73 Å². The SMILES string of the molecule is NC(=O)C(Br)c1ccc([N+](=O)[O-])cc1. The molecule has 0 radical (unpaired) electrons. The number of hydrogen-bond acceptors (Lipinski definition) is 3. The van der Waals surface area contributed by atoms with Crippen LogP contribution in [0.2, 0.25) is 0 Å². The maximum Gasteiger partial charge on any atom is 0.269 e. The Balaban J connectivity index is 2.94. The Morgan fingerprint density at radius 1 is 1.43 bits per heavy atom. The number of carbonyl (C=O) groups excluding carboxylic acids is 1. The molecule has 0 bridgehead atoms. The highest BCUT2D eigenvalue weighted by Crippen LogP contribution is 2.23. The Kier molecular flexibility index (Phi) is 3.19. The molecule has 0 aromatic heterocycles. The maximum atomic E-state index is 10.8. The molecular formula is C8H7BrN2O3. The van der Waals surface area contributed by atoms with Crippen LogP contribution in [0.25, 0.3) is 0 Å². The molecule has 5 nitrogen and oxygen atoms in total. The van der Waals surface area contributed by atoms with E-state index < -0.39 is 15.7 Å². The summed E-state index contributed by atoms with van der Waals surface area (Å²) >= 11 is 3.07. The summed E-state index contributed by atoms with van der Waals surface area (Å²) in [4.78, 5) is 20.0. The van der Waals surface area contributed by atoms with Gasteiger partial charge in [0.05, 0.1) is 4.92 Å². The lowest BCUT2D eigenvalue weighted by Gasteiger charge is -2.04. The van der Waals surface area contributed by atoms with Gasteiger partial charge in [-0.1, -0.05) is 28.1 Å². The van der Waals surface area contributed by atoms with Gasteiger partial charge in [-0.15, -0.1) is 0 Å². The van der Waals surface area contributed by atoms with Crippen molar-refractivity contribution in [2.75, 3.05) is 0 Å². The molecule has 0 aliphatic rings. The predicted octanol–water partition coefficient (Wildman–Crippen LogP) is 1.52. The summed E-state index contributed by atoms with van der Waals surface area (Å²) in [5.74, 6) is -0.529. The topological polar surface area (TPSA) is 86.2 Å². The van der Waals surface area contributed by atoms with Gasteiger partial charge in [0.25, 0.3) is 5.69 Å². The van der Waals surface area contributed by atoms with Crippen molar-refractivity contribution in [1.29, 1.82) is 0 Å². The second kappa shape index (κ2) is 4.19. The molecule has 0 heterocycles. The molecule has 0 saturated carbocycles. The first-order valence-corrected chi connectivity index (χ1v) is 4.61. The van der Waals surface area contributed by atoms with Gasteiger partial charge in [-0.2, -0.15) is 0 Å². The molecule has 2 N–H and O–H groups in total. The van der Waals surface area contributed by atoms with Gasteiger partial charge in [-0.25, -0.2) is 0 Å². The lowest BCUT2D eigenvalue weighted by Crippen LogP contribution is -2.16. The molecule has 1 aromatic carbocycles. The van der Waals surface area contributed by atoms with Crippen molar-refractivity contribution in [3.63, 3.8) is 0 Å². The number of nitrogens with two attached hydrogens (primary N) is 1. The number of rotatable bonds is 3. The average Bonchev–Trinajstić information content (AvgIpc) is 2.16. The van der Waals surface area contributed by atoms with Crippen molar-refractivity contribution < 1.29 is 9.72 Å². The number of carbonyl (C=O) groups is 1. The Morgan fingerprint density at radius 3 is 2.29 bits per heavy atom. The fourth-order valence-corrected chi connectivity index (χ4v) is 1.23. The van der Waals surface area contributed by atoms with Crippen molar-refractivity contribution in [3.05, 3.63) is 39.9 Å². The molecule has 1 atom stereocenters. The van der Waals surface area contributed by atoms with Crippen LogP contribution in [-0.2, 0) is 4.79 Å². The number of hydrogen-bond donors (Lipinski definition) is 1. The van der Waals surface area contributed by atoms with E-state index in [4.69, 9.17) is 5.73 Å². The normalized spacial score (nSPS) is 12.1. The number of halogens is 1.